The number of anilines is 1. The van der Waals surface area contributed by atoms with Crippen LogP contribution in [0.4, 0.5) is 10.5 Å². The van der Waals surface area contributed by atoms with E-state index in [2.05, 4.69) is 20.6 Å². The summed E-state index contributed by atoms with van der Waals surface area (Å²) < 4.78 is 5.76. The van der Waals surface area contributed by atoms with Crippen LogP contribution in [0.1, 0.15) is 31.2 Å². The molecule has 7 heteroatoms. The van der Waals surface area contributed by atoms with Crippen LogP contribution in [0, 0.1) is 6.92 Å². The molecule has 3 rings (SSSR count). The summed E-state index contributed by atoms with van der Waals surface area (Å²) in [5, 5.41) is 6.36. The SMILES string of the molecule is Cc1ccc(NC(=O)NC2CCC(Oc3ncc(Cl)cn3)CC2)cc1. The minimum atomic E-state index is -0.172. The number of benzene rings is 1. The summed E-state index contributed by atoms with van der Waals surface area (Å²) in [5.41, 5.74) is 1.95. The minimum Gasteiger partial charge on any atom is -0.460 e. The van der Waals surface area contributed by atoms with Gasteiger partial charge in [-0.1, -0.05) is 29.3 Å². The number of aromatic nitrogens is 2. The van der Waals surface area contributed by atoms with Gasteiger partial charge < -0.3 is 15.4 Å². The van der Waals surface area contributed by atoms with Crippen molar-refractivity contribution in [3.05, 3.63) is 47.2 Å². The maximum atomic E-state index is 12.1. The number of hydrogen-bond donors (Lipinski definition) is 2. The topological polar surface area (TPSA) is 76.1 Å². The zero-order valence-corrected chi connectivity index (χ0v) is 14.8. The van der Waals surface area contributed by atoms with Crippen LogP contribution < -0.4 is 15.4 Å². The maximum absolute atomic E-state index is 12.1. The predicted octanol–water partition coefficient (Wildman–Crippen LogP) is 3.95. The summed E-state index contributed by atoms with van der Waals surface area (Å²) in [5.74, 6) is 0. The highest BCUT2D eigenvalue weighted by Gasteiger charge is 2.24. The Hall–Kier alpha value is -2.34. The van der Waals surface area contributed by atoms with Crippen molar-refractivity contribution in [2.24, 2.45) is 0 Å². The van der Waals surface area contributed by atoms with Crippen LogP contribution in [-0.4, -0.2) is 28.1 Å². The first-order chi connectivity index (χ1) is 12.1. The van der Waals surface area contributed by atoms with Crippen LogP contribution >= 0.6 is 11.6 Å². The second-order valence-electron chi connectivity index (χ2n) is 6.24. The Balaban J connectivity index is 1.42. The third-order valence-electron chi connectivity index (χ3n) is 4.19. The normalized spacial score (nSPS) is 19.9. The van der Waals surface area contributed by atoms with Crippen molar-refractivity contribution in [3.63, 3.8) is 0 Å². The second kappa shape index (κ2) is 8.16. The number of hydrogen-bond acceptors (Lipinski definition) is 4. The quantitative estimate of drug-likeness (QED) is 0.865. The molecule has 25 heavy (non-hydrogen) atoms. The number of urea groups is 1. The van der Waals surface area contributed by atoms with Crippen molar-refractivity contribution in [2.75, 3.05) is 5.32 Å². The standard InChI is InChI=1S/C18H21ClN4O2/c1-12-2-4-14(5-3-12)22-17(24)23-15-6-8-16(9-7-15)25-18-20-10-13(19)11-21-18/h2-5,10-11,15-16H,6-9H2,1H3,(H2,22,23,24). The fourth-order valence-electron chi connectivity index (χ4n) is 2.82. The summed E-state index contributed by atoms with van der Waals surface area (Å²) in [6.07, 6.45) is 6.53. The lowest BCUT2D eigenvalue weighted by Gasteiger charge is -2.28. The van der Waals surface area contributed by atoms with Crippen molar-refractivity contribution in [1.29, 1.82) is 0 Å². The molecule has 6 nitrogen and oxygen atoms in total. The number of nitrogens with one attached hydrogen (secondary N) is 2. The van der Waals surface area contributed by atoms with Crippen LogP contribution in [-0.2, 0) is 0 Å². The zero-order chi connectivity index (χ0) is 17.6. The number of ether oxygens (including phenoxy) is 1. The molecule has 0 atom stereocenters. The van der Waals surface area contributed by atoms with Crippen molar-refractivity contribution >= 4 is 23.3 Å². The highest BCUT2D eigenvalue weighted by molar-refractivity contribution is 6.30. The number of halogens is 1. The van der Waals surface area contributed by atoms with Crippen molar-refractivity contribution < 1.29 is 9.53 Å². The fraction of sp³-hybridized carbons (Fsp3) is 0.389. The van der Waals surface area contributed by atoms with Gasteiger partial charge in [0.15, 0.2) is 0 Å². The van der Waals surface area contributed by atoms with Gasteiger partial charge in [-0.25, -0.2) is 14.8 Å². The van der Waals surface area contributed by atoms with Crippen molar-refractivity contribution in [3.8, 4) is 6.01 Å². The van der Waals surface area contributed by atoms with E-state index in [4.69, 9.17) is 16.3 Å². The van der Waals surface area contributed by atoms with E-state index in [9.17, 15) is 4.79 Å². The molecule has 2 amide bonds. The summed E-state index contributed by atoms with van der Waals surface area (Å²) >= 11 is 5.76. The molecule has 0 spiro atoms. The third kappa shape index (κ3) is 5.32. The van der Waals surface area contributed by atoms with Gasteiger partial charge in [0.25, 0.3) is 0 Å². The minimum absolute atomic E-state index is 0.0689. The molecular formula is C18H21ClN4O2. The third-order valence-corrected chi connectivity index (χ3v) is 4.38. The molecule has 0 saturated heterocycles. The fourth-order valence-corrected chi connectivity index (χ4v) is 2.92. The number of aryl methyl sites for hydroxylation is 1. The van der Waals surface area contributed by atoms with Gasteiger partial charge in [0.2, 0.25) is 0 Å². The smallest absolute Gasteiger partial charge is 0.319 e. The average molecular weight is 361 g/mol. The Kier molecular flexibility index (Phi) is 5.71. The molecule has 1 aromatic heterocycles. The van der Waals surface area contributed by atoms with Crippen LogP contribution in [0.2, 0.25) is 5.02 Å². The largest absolute Gasteiger partial charge is 0.460 e. The molecule has 1 aromatic carbocycles. The second-order valence-corrected chi connectivity index (χ2v) is 6.68. The van der Waals surface area contributed by atoms with E-state index in [1.165, 1.54) is 12.4 Å². The number of carbonyl (C=O) groups is 1. The van der Waals surface area contributed by atoms with Gasteiger partial charge in [-0.3, -0.25) is 0 Å². The van der Waals surface area contributed by atoms with E-state index in [1.54, 1.807) is 0 Å². The molecule has 0 bridgehead atoms. The van der Waals surface area contributed by atoms with E-state index in [1.807, 2.05) is 31.2 Å². The predicted molar refractivity (Wildman–Crippen MR) is 97.0 cm³/mol. The Morgan fingerprint density at radius 2 is 1.76 bits per heavy atom. The summed E-state index contributed by atoms with van der Waals surface area (Å²) in [6, 6.07) is 8.05. The summed E-state index contributed by atoms with van der Waals surface area (Å²) in [7, 11) is 0. The van der Waals surface area contributed by atoms with Gasteiger partial charge in [0, 0.05) is 11.7 Å². The van der Waals surface area contributed by atoms with E-state index in [0.29, 0.717) is 11.0 Å². The summed E-state index contributed by atoms with van der Waals surface area (Å²) in [6.45, 7) is 2.01. The first-order valence-electron chi connectivity index (χ1n) is 8.37. The monoisotopic (exact) mass is 360 g/mol. The number of carbonyl (C=O) groups excluding carboxylic acids is 1. The number of amides is 2. The van der Waals surface area contributed by atoms with Gasteiger partial charge in [-0.2, -0.15) is 0 Å². The van der Waals surface area contributed by atoms with Gasteiger partial charge in [0.1, 0.15) is 6.10 Å². The Morgan fingerprint density at radius 3 is 2.40 bits per heavy atom. The molecule has 1 aliphatic rings. The van der Waals surface area contributed by atoms with Crippen LogP contribution in [0.5, 0.6) is 6.01 Å². The lowest BCUT2D eigenvalue weighted by atomic mass is 9.93. The number of rotatable bonds is 4. The number of nitrogens with zero attached hydrogens (tertiary/aromatic N) is 2. The zero-order valence-electron chi connectivity index (χ0n) is 14.0. The molecule has 0 unspecified atom stereocenters. The first-order valence-corrected chi connectivity index (χ1v) is 8.74. The average Bonchev–Trinajstić information content (AvgIpc) is 2.61. The molecule has 2 aromatic rings. The molecule has 0 aliphatic heterocycles. The Bertz CT molecular complexity index is 698. The summed E-state index contributed by atoms with van der Waals surface area (Å²) in [4.78, 5) is 20.2. The lowest BCUT2D eigenvalue weighted by molar-refractivity contribution is 0.129. The molecule has 1 fully saturated rings. The van der Waals surface area contributed by atoms with Crippen molar-refractivity contribution in [1.82, 2.24) is 15.3 Å². The maximum Gasteiger partial charge on any atom is 0.319 e. The molecule has 0 radical (unpaired) electrons. The van der Waals surface area contributed by atoms with Crippen molar-refractivity contribution in [2.45, 2.75) is 44.8 Å². The van der Waals surface area contributed by atoms with Gasteiger partial charge in [0.05, 0.1) is 17.4 Å². The molecule has 132 valence electrons. The molecule has 1 aliphatic carbocycles. The van der Waals surface area contributed by atoms with E-state index < -0.39 is 0 Å². The highest BCUT2D eigenvalue weighted by Crippen LogP contribution is 2.22. The van der Waals surface area contributed by atoms with Crippen LogP contribution in [0.15, 0.2) is 36.7 Å². The Morgan fingerprint density at radius 1 is 1.12 bits per heavy atom. The Labute approximate surface area is 152 Å². The first kappa shape index (κ1) is 17.5. The van der Waals surface area contributed by atoms with E-state index in [0.717, 1.165) is 36.9 Å². The van der Waals surface area contributed by atoms with Gasteiger partial charge in [-0.15, -0.1) is 0 Å². The molecular weight excluding hydrogens is 340 g/mol. The van der Waals surface area contributed by atoms with Crippen LogP contribution in [0.3, 0.4) is 0 Å². The van der Waals surface area contributed by atoms with E-state index in [-0.39, 0.29) is 18.2 Å². The van der Waals surface area contributed by atoms with Gasteiger partial charge in [-0.05, 0) is 44.7 Å². The van der Waals surface area contributed by atoms with Crippen LogP contribution in [0.25, 0.3) is 0 Å². The van der Waals surface area contributed by atoms with Gasteiger partial charge >= 0.3 is 12.0 Å². The van der Waals surface area contributed by atoms with E-state index >= 15 is 0 Å². The molecule has 2 N–H and O–H groups in total. The highest BCUT2D eigenvalue weighted by atomic mass is 35.5. The lowest BCUT2D eigenvalue weighted by Crippen LogP contribution is -2.41. The molecule has 1 heterocycles. The molecule has 1 saturated carbocycles.